The lowest BCUT2D eigenvalue weighted by molar-refractivity contribution is -0.149. The Labute approximate surface area is 185 Å². The third kappa shape index (κ3) is 34.6. The van der Waals surface area contributed by atoms with Gasteiger partial charge in [-0.3, -0.25) is 4.79 Å². The quantitative estimate of drug-likeness (QED) is 0.252. The van der Waals surface area contributed by atoms with Crippen molar-refractivity contribution >= 4 is 18.5 Å². The Hall–Kier alpha value is -1.27. The van der Waals surface area contributed by atoms with E-state index >= 15 is 0 Å². The first kappa shape index (κ1) is 25.8. The Kier molecular flexibility index (Phi) is 25.7. The van der Waals surface area contributed by atoms with E-state index < -0.39 is 24.9 Å². The minimum absolute atomic E-state index is 0.0694. The van der Waals surface area contributed by atoms with Crippen molar-refractivity contribution in [1.82, 2.24) is 0 Å². The molecule has 0 fully saturated rings. The summed E-state index contributed by atoms with van der Waals surface area (Å²) in [5.41, 5.74) is 0. The third-order valence-electron chi connectivity index (χ3n) is 4.13. The van der Waals surface area contributed by atoms with Crippen LogP contribution in [0.2, 0.25) is 0 Å². The molecule has 0 heterocycles. The number of aldehydes is 2. The minimum atomic E-state index is -0.897. The number of ether oxygens (including phenoxy) is 1. The summed E-state index contributed by atoms with van der Waals surface area (Å²) in [6, 6.07) is 0. The molecule has 0 bridgehead atoms. The highest BCUT2D eigenvalue weighted by molar-refractivity contribution is 5.83. The van der Waals surface area contributed by atoms with Crippen LogP contribution in [-0.4, -0.2) is 50.4 Å². The molecule has 0 amide bonds. The number of carbonyl (C=O) groups is 3. The Balaban J connectivity index is -0.000000176. The van der Waals surface area contributed by atoms with E-state index in [-0.39, 0.29) is 18.1 Å². The van der Waals surface area contributed by atoms with Gasteiger partial charge in [0.2, 0.25) is 2.86 Å². The van der Waals surface area contributed by atoms with E-state index in [9.17, 15) is 14.4 Å². The van der Waals surface area contributed by atoms with Crippen molar-refractivity contribution in [3.63, 3.8) is 0 Å². The van der Waals surface area contributed by atoms with Gasteiger partial charge in [-0.15, -0.1) is 0 Å². The summed E-state index contributed by atoms with van der Waals surface area (Å²) in [5, 5.41) is 8.44. The Morgan fingerprint density at radius 2 is 1.52 bits per heavy atom. The zero-order valence-corrected chi connectivity index (χ0v) is 19.9. The van der Waals surface area contributed by atoms with Crippen LogP contribution in [0.5, 0.6) is 0 Å². The van der Waals surface area contributed by atoms with E-state index in [1.54, 1.807) is 6.92 Å². The number of hydrogen-bond donors (Lipinski definition) is 2. The van der Waals surface area contributed by atoms with Crippen LogP contribution in [-0.2, 0) is 19.1 Å². The van der Waals surface area contributed by atoms with Crippen molar-refractivity contribution in [2.45, 2.75) is 113 Å². The molecule has 0 radical (unpaired) electrons. The summed E-state index contributed by atoms with van der Waals surface area (Å²) in [6.07, 6.45) is 3.51. The summed E-state index contributed by atoms with van der Waals surface area (Å²) in [7, 11) is 0. The Bertz CT molecular complexity index is 453. The molecule has 0 aliphatic rings. The molecule has 2 unspecified atom stereocenters. The first-order valence-corrected chi connectivity index (χ1v) is 10.8. The zero-order valence-electron chi connectivity index (χ0n) is 23.9. The topological polar surface area (TPSA) is 101 Å². The fourth-order valence-corrected chi connectivity index (χ4v) is 1.23. The molecular formula is C23H48O6. The van der Waals surface area contributed by atoms with Gasteiger partial charge in [0.1, 0.15) is 27.8 Å². The zero-order chi connectivity index (χ0) is 26.8. The first-order valence-electron chi connectivity index (χ1n) is 12.6. The fourth-order valence-electron chi connectivity index (χ4n) is 1.23. The molecule has 2 N–H and O–H groups in total. The van der Waals surface area contributed by atoms with Gasteiger partial charge in [0.25, 0.3) is 0 Å². The van der Waals surface area contributed by atoms with Crippen LogP contribution in [0, 0.1) is 11.8 Å². The van der Waals surface area contributed by atoms with Crippen LogP contribution in [0.15, 0.2) is 0 Å². The second kappa shape index (κ2) is 28.9. The number of rotatable bonds is 13. The minimum Gasteiger partial charge on any atom is -0.462 e. The molecule has 176 valence electrons. The molecule has 0 aliphatic heterocycles. The number of hydrogen-bond acceptors (Lipinski definition) is 6. The average molecular weight is 425 g/mol. The molecule has 6 nitrogen and oxygen atoms in total. The highest BCUT2D eigenvalue weighted by Gasteiger charge is 2.08. The van der Waals surface area contributed by atoms with Gasteiger partial charge in [-0.05, 0) is 38.0 Å². The molecule has 6 heteroatoms. The van der Waals surface area contributed by atoms with Crippen LogP contribution >= 0.6 is 0 Å². The molecule has 0 spiro atoms. The Morgan fingerprint density at radius 1 is 0.966 bits per heavy atom. The fraction of sp³-hybridized carbons (Fsp3) is 0.870. The molecule has 2 atom stereocenters. The first-order chi connectivity index (χ1) is 15.4. The van der Waals surface area contributed by atoms with E-state index in [0.29, 0.717) is 12.5 Å². The van der Waals surface area contributed by atoms with Crippen LogP contribution < -0.4 is 0 Å². The predicted octanol–water partition coefficient (Wildman–Crippen LogP) is 4.73. The van der Waals surface area contributed by atoms with E-state index in [1.807, 2.05) is 34.6 Å². The molecular weight excluding hydrogens is 372 g/mol. The molecule has 0 rings (SSSR count). The molecule has 0 aromatic carbocycles. The van der Waals surface area contributed by atoms with Crippen LogP contribution in [0.1, 0.15) is 103 Å². The van der Waals surface area contributed by atoms with E-state index in [1.165, 1.54) is 0 Å². The van der Waals surface area contributed by atoms with Crippen LogP contribution in [0.4, 0.5) is 0 Å². The standard InChI is InChI=1S/C8H14O3.C5H12O.C5H10O.C5H12O/c1-3-7(4-2)11-8(10)5-6-9;2*1-3-5(2)4-6;1-3-5(6)4-2/h6-7H,3-5H2,1-2H3;5-6H,3-4H2,1-2H3;4-5H,3H2,1-2H3;5-6H,3-4H2,1-2H3/i2*6D;4D;6D. The molecule has 0 saturated heterocycles. The molecule has 0 aromatic rings. The summed E-state index contributed by atoms with van der Waals surface area (Å²) >= 11 is 0. The SMILES string of the molecule is [2H]C(=O)C(C)CC.[2H]C(=O)CC(=O)OC(CC)CC.[2H]OC(CC)CC.[2H]OCC(C)CC. The second-order valence-electron chi connectivity index (χ2n) is 6.80. The average Bonchev–Trinajstić information content (AvgIpc) is 2.78. The van der Waals surface area contributed by atoms with Gasteiger partial charge in [0.05, 0.1) is 6.10 Å². The lowest BCUT2D eigenvalue weighted by Gasteiger charge is -2.12. The highest BCUT2D eigenvalue weighted by Crippen LogP contribution is 2.03. The lowest BCUT2D eigenvalue weighted by Crippen LogP contribution is -2.16. The van der Waals surface area contributed by atoms with Crippen molar-refractivity contribution < 1.29 is 32.1 Å². The van der Waals surface area contributed by atoms with E-state index in [0.717, 1.165) is 38.5 Å². The number of aliphatic hydroxyl groups is 2. The van der Waals surface area contributed by atoms with Crippen molar-refractivity contribution in [2.24, 2.45) is 11.8 Å². The summed E-state index contributed by atoms with van der Waals surface area (Å²) in [6.45, 7) is 16.2. The number of carbonyl (C=O) groups excluding carboxylic acids is 3. The number of esters is 1. The van der Waals surface area contributed by atoms with Crippen molar-refractivity contribution in [1.29, 1.82) is 2.86 Å². The Morgan fingerprint density at radius 3 is 1.69 bits per heavy atom. The van der Waals surface area contributed by atoms with Gasteiger partial charge in [-0.1, -0.05) is 61.8 Å². The van der Waals surface area contributed by atoms with Crippen molar-refractivity contribution in [2.75, 3.05) is 6.61 Å². The largest absolute Gasteiger partial charge is 0.462 e. The monoisotopic (exact) mass is 424 g/mol. The lowest BCUT2D eigenvalue weighted by atomic mass is 10.1. The van der Waals surface area contributed by atoms with Crippen LogP contribution in [0.25, 0.3) is 0 Å². The van der Waals surface area contributed by atoms with Gasteiger partial charge in [0.15, 0.2) is 0 Å². The van der Waals surface area contributed by atoms with E-state index in [4.69, 9.17) is 10.3 Å². The van der Waals surface area contributed by atoms with Gasteiger partial charge in [-0.2, -0.15) is 0 Å². The van der Waals surface area contributed by atoms with Gasteiger partial charge in [-0.25, -0.2) is 0 Å². The normalized spacial score (nSPS) is 13.4. The van der Waals surface area contributed by atoms with E-state index in [2.05, 4.69) is 24.1 Å². The molecule has 0 aromatic heterocycles. The smallest absolute Gasteiger partial charge is 0.313 e. The summed E-state index contributed by atoms with van der Waals surface area (Å²) < 4.78 is 30.7. The van der Waals surface area contributed by atoms with Crippen molar-refractivity contribution in [3.05, 3.63) is 0 Å². The maximum absolute atomic E-state index is 10.8. The number of aliphatic hydroxyl groups excluding tert-OH is 2. The molecule has 0 aliphatic carbocycles. The van der Waals surface area contributed by atoms with Crippen molar-refractivity contribution in [3.8, 4) is 0 Å². The maximum atomic E-state index is 10.8. The summed E-state index contributed by atoms with van der Waals surface area (Å²) in [5.74, 6) is -0.124. The predicted molar refractivity (Wildman–Crippen MR) is 120 cm³/mol. The van der Waals surface area contributed by atoms with Gasteiger partial charge >= 0.3 is 5.97 Å². The second-order valence-corrected chi connectivity index (χ2v) is 6.80. The summed E-state index contributed by atoms with van der Waals surface area (Å²) in [4.78, 5) is 31.0. The van der Waals surface area contributed by atoms with Crippen LogP contribution in [0.3, 0.4) is 0 Å². The molecule has 0 saturated carbocycles. The highest BCUT2D eigenvalue weighted by atomic mass is 16.5. The van der Waals surface area contributed by atoms with Gasteiger partial charge in [0, 0.05) is 12.5 Å². The maximum Gasteiger partial charge on any atom is 0.313 e. The van der Waals surface area contributed by atoms with Gasteiger partial charge < -0.3 is 24.5 Å². The third-order valence-corrected chi connectivity index (χ3v) is 4.13. The molecule has 29 heavy (non-hydrogen) atoms.